The van der Waals surface area contributed by atoms with Crippen molar-refractivity contribution >= 4 is 21.7 Å². The number of ketones is 1. The molecule has 2 nitrogen and oxygen atoms in total. The third-order valence-electron chi connectivity index (χ3n) is 3.41. The number of hydrogen-bond donors (Lipinski definition) is 0. The van der Waals surface area contributed by atoms with Crippen molar-refractivity contribution in [3.8, 4) is 0 Å². The lowest BCUT2D eigenvalue weighted by Gasteiger charge is -2.31. The second-order valence-corrected chi connectivity index (χ2v) is 5.88. The molecule has 1 aliphatic heterocycles. The van der Waals surface area contributed by atoms with Crippen LogP contribution in [0, 0.1) is 11.7 Å². The van der Waals surface area contributed by atoms with Crippen LogP contribution in [-0.4, -0.2) is 23.8 Å². The van der Waals surface area contributed by atoms with Gasteiger partial charge < -0.3 is 0 Å². The van der Waals surface area contributed by atoms with Gasteiger partial charge in [-0.05, 0) is 50.1 Å². The van der Waals surface area contributed by atoms with Gasteiger partial charge in [-0.25, -0.2) is 4.39 Å². The molecule has 1 aromatic carbocycles. The maximum atomic E-state index is 13.3. The fourth-order valence-corrected chi connectivity index (χ4v) is 3.00. The van der Waals surface area contributed by atoms with Gasteiger partial charge in [-0.15, -0.1) is 0 Å². The van der Waals surface area contributed by atoms with E-state index in [2.05, 4.69) is 20.8 Å². The summed E-state index contributed by atoms with van der Waals surface area (Å²) in [4.78, 5) is 13.6. The van der Waals surface area contributed by atoms with E-state index in [0.717, 1.165) is 36.0 Å². The second-order valence-electron chi connectivity index (χ2n) is 4.96. The minimum atomic E-state index is -0.223. The van der Waals surface area contributed by atoms with Crippen molar-refractivity contribution in [1.29, 1.82) is 0 Å². The number of nitrogens with zero attached hydrogens (tertiary/aromatic N) is 1. The summed E-state index contributed by atoms with van der Waals surface area (Å²) in [6.07, 6.45) is 2.03. The highest BCUT2D eigenvalue weighted by Crippen LogP contribution is 2.21. The van der Waals surface area contributed by atoms with Gasteiger partial charge in [-0.1, -0.05) is 15.9 Å². The maximum absolute atomic E-state index is 13.3. The van der Waals surface area contributed by atoms with Crippen LogP contribution in [0.3, 0.4) is 0 Å². The van der Waals surface area contributed by atoms with E-state index in [0.29, 0.717) is 6.54 Å². The lowest BCUT2D eigenvalue weighted by Crippen LogP contribution is -2.37. The van der Waals surface area contributed by atoms with Crippen LogP contribution in [0.15, 0.2) is 22.7 Å². The van der Waals surface area contributed by atoms with Crippen molar-refractivity contribution in [2.75, 3.05) is 13.1 Å². The van der Waals surface area contributed by atoms with Crippen molar-refractivity contribution in [3.63, 3.8) is 0 Å². The highest BCUT2D eigenvalue weighted by molar-refractivity contribution is 9.10. The average Bonchev–Trinajstić information content (AvgIpc) is 2.27. The number of carbonyl (C=O) groups is 1. The molecule has 98 valence electrons. The number of Topliss-reactive ketones (excluding diaryl/α,β-unsaturated/α-hetero) is 1. The molecule has 1 heterocycles. The minimum Gasteiger partial charge on any atom is -0.300 e. The van der Waals surface area contributed by atoms with Gasteiger partial charge in [0.05, 0.1) is 0 Å². The van der Waals surface area contributed by atoms with Crippen LogP contribution in [0.5, 0.6) is 0 Å². The minimum absolute atomic E-state index is 0.149. The predicted octanol–water partition coefficient (Wildman–Crippen LogP) is 3.39. The molecule has 1 aromatic rings. The Morgan fingerprint density at radius 3 is 2.94 bits per heavy atom. The van der Waals surface area contributed by atoms with Crippen molar-refractivity contribution in [2.24, 2.45) is 5.92 Å². The van der Waals surface area contributed by atoms with Crippen LogP contribution in [0.1, 0.15) is 25.3 Å². The fourth-order valence-electron chi connectivity index (χ4n) is 2.49. The average molecular weight is 314 g/mol. The molecule has 0 bridgehead atoms. The van der Waals surface area contributed by atoms with Crippen LogP contribution >= 0.6 is 15.9 Å². The van der Waals surface area contributed by atoms with E-state index in [1.165, 1.54) is 6.07 Å². The predicted molar refractivity (Wildman–Crippen MR) is 72.8 cm³/mol. The molecule has 0 N–H and O–H groups in total. The zero-order chi connectivity index (χ0) is 13.1. The lowest BCUT2D eigenvalue weighted by atomic mass is 9.94. The van der Waals surface area contributed by atoms with Crippen LogP contribution in [0.4, 0.5) is 4.39 Å². The van der Waals surface area contributed by atoms with Gasteiger partial charge in [-0.2, -0.15) is 0 Å². The fraction of sp³-hybridized carbons (Fsp3) is 0.500. The molecular formula is C14H17BrFNO. The summed E-state index contributed by atoms with van der Waals surface area (Å²) in [5, 5.41) is 0. The summed E-state index contributed by atoms with van der Waals surface area (Å²) in [6, 6.07) is 4.95. The first-order chi connectivity index (χ1) is 8.54. The third kappa shape index (κ3) is 3.62. The Morgan fingerprint density at radius 2 is 2.28 bits per heavy atom. The summed E-state index contributed by atoms with van der Waals surface area (Å²) in [7, 11) is 0. The van der Waals surface area contributed by atoms with Gasteiger partial charge in [0, 0.05) is 23.5 Å². The van der Waals surface area contributed by atoms with E-state index in [1.54, 1.807) is 13.0 Å². The number of likely N-dealkylation sites (tertiary alicyclic amines) is 1. The molecule has 1 aliphatic rings. The molecule has 0 spiro atoms. The van der Waals surface area contributed by atoms with E-state index >= 15 is 0 Å². The van der Waals surface area contributed by atoms with Gasteiger partial charge in [0.25, 0.3) is 0 Å². The Balaban J connectivity index is 2.02. The molecule has 0 amide bonds. The Hall–Kier alpha value is -0.740. The third-order valence-corrected chi connectivity index (χ3v) is 3.87. The van der Waals surface area contributed by atoms with E-state index in [9.17, 15) is 9.18 Å². The molecule has 4 heteroatoms. The summed E-state index contributed by atoms with van der Waals surface area (Å²) in [5.74, 6) is 0.190. The Kier molecular flexibility index (Phi) is 4.51. The van der Waals surface area contributed by atoms with E-state index < -0.39 is 0 Å². The van der Waals surface area contributed by atoms with E-state index in [1.807, 2.05) is 6.07 Å². The SMILES string of the molecule is CC(=O)C1CCCN(Cc2cc(F)cc(Br)c2)C1. The van der Waals surface area contributed by atoms with Gasteiger partial charge in [0.2, 0.25) is 0 Å². The zero-order valence-corrected chi connectivity index (χ0v) is 12.0. The molecule has 0 aromatic heterocycles. The first kappa shape index (κ1) is 13.7. The topological polar surface area (TPSA) is 20.3 Å². The Labute approximate surface area is 115 Å². The van der Waals surface area contributed by atoms with Crippen LogP contribution in [0.2, 0.25) is 0 Å². The highest BCUT2D eigenvalue weighted by atomic mass is 79.9. The molecule has 1 unspecified atom stereocenters. The zero-order valence-electron chi connectivity index (χ0n) is 10.5. The molecule has 0 aliphatic carbocycles. The van der Waals surface area contributed by atoms with E-state index in [-0.39, 0.29) is 17.5 Å². The van der Waals surface area contributed by atoms with E-state index in [4.69, 9.17) is 0 Å². The van der Waals surface area contributed by atoms with Crippen LogP contribution in [0.25, 0.3) is 0 Å². The number of benzene rings is 1. The molecule has 18 heavy (non-hydrogen) atoms. The largest absolute Gasteiger partial charge is 0.300 e. The van der Waals surface area contributed by atoms with Gasteiger partial charge in [0.15, 0.2) is 0 Å². The first-order valence-electron chi connectivity index (χ1n) is 6.22. The summed E-state index contributed by atoms with van der Waals surface area (Å²) in [5.41, 5.74) is 0.950. The molecule has 1 atom stereocenters. The van der Waals surface area contributed by atoms with Gasteiger partial charge >= 0.3 is 0 Å². The number of halogens is 2. The van der Waals surface area contributed by atoms with Crippen molar-refractivity contribution < 1.29 is 9.18 Å². The number of hydrogen-bond acceptors (Lipinski definition) is 2. The number of piperidine rings is 1. The summed E-state index contributed by atoms with van der Waals surface area (Å²) in [6.45, 7) is 4.15. The van der Waals surface area contributed by atoms with Crippen LogP contribution < -0.4 is 0 Å². The van der Waals surface area contributed by atoms with Crippen molar-refractivity contribution in [2.45, 2.75) is 26.3 Å². The molecule has 1 fully saturated rings. The quantitative estimate of drug-likeness (QED) is 0.852. The Morgan fingerprint density at radius 1 is 1.50 bits per heavy atom. The lowest BCUT2D eigenvalue weighted by molar-refractivity contribution is -0.122. The monoisotopic (exact) mass is 313 g/mol. The maximum Gasteiger partial charge on any atom is 0.134 e. The highest BCUT2D eigenvalue weighted by Gasteiger charge is 2.23. The molecule has 2 rings (SSSR count). The summed E-state index contributed by atoms with van der Waals surface area (Å²) >= 11 is 3.30. The Bertz CT molecular complexity index is 429. The molecule has 0 radical (unpaired) electrons. The normalized spacial score (nSPS) is 20.9. The molecule has 1 saturated heterocycles. The first-order valence-corrected chi connectivity index (χ1v) is 7.01. The second kappa shape index (κ2) is 5.93. The van der Waals surface area contributed by atoms with Gasteiger partial charge in [-0.3, -0.25) is 9.69 Å². The van der Waals surface area contributed by atoms with Crippen molar-refractivity contribution in [3.05, 3.63) is 34.1 Å². The van der Waals surface area contributed by atoms with Gasteiger partial charge in [0.1, 0.15) is 11.6 Å². The summed E-state index contributed by atoms with van der Waals surface area (Å²) < 4.78 is 14.0. The standard InChI is InChI=1S/C14H17BrFNO/c1-10(18)12-3-2-4-17(9-12)8-11-5-13(15)7-14(16)6-11/h5-7,12H,2-4,8-9H2,1H3. The smallest absolute Gasteiger partial charge is 0.134 e. The van der Waals surface area contributed by atoms with Crippen molar-refractivity contribution in [1.82, 2.24) is 4.90 Å². The number of carbonyl (C=O) groups excluding carboxylic acids is 1. The number of rotatable bonds is 3. The molecular weight excluding hydrogens is 297 g/mol. The van der Waals surface area contributed by atoms with Crippen LogP contribution in [-0.2, 0) is 11.3 Å². The molecule has 0 saturated carbocycles.